The molecule has 2 heterocycles. The van der Waals surface area contributed by atoms with E-state index in [0.717, 1.165) is 16.0 Å². The van der Waals surface area contributed by atoms with Crippen LogP contribution in [-0.2, 0) is 20.5 Å². The molecule has 0 atom stereocenters. The van der Waals surface area contributed by atoms with E-state index in [-0.39, 0.29) is 18.8 Å². The van der Waals surface area contributed by atoms with Gasteiger partial charge in [-0.05, 0) is 76.4 Å². The zero-order valence-corrected chi connectivity index (χ0v) is 22.5. The lowest BCUT2D eigenvalue weighted by Crippen LogP contribution is -2.65. The number of anilines is 2. The molecule has 1 N–H and O–H groups in total. The molecule has 10 heteroatoms. The van der Waals surface area contributed by atoms with Gasteiger partial charge in [0, 0.05) is 10.7 Å². The van der Waals surface area contributed by atoms with Crippen molar-refractivity contribution in [1.82, 2.24) is 4.90 Å². The maximum absolute atomic E-state index is 13.3. The lowest BCUT2D eigenvalue weighted by Gasteiger charge is -2.51. The molecule has 2 aromatic carbocycles. The van der Waals surface area contributed by atoms with Gasteiger partial charge < -0.3 is 19.9 Å². The number of carbonyl (C=O) groups excluding carboxylic acids is 2. The summed E-state index contributed by atoms with van der Waals surface area (Å²) in [5.74, 6) is -0.600. The van der Waals surface area contributed by atoms with Gasteiger partial charge in [0.25, 0.3) is 0 Å². The van der Waals surface area contributed by atoms with E-state index >= 15 is 0 Å². The first-order chi connectivity index (χ1) is 16.9. The number of carbonyl (C=O) groups is 2. The molecule has 1 fully saturated rings. The molecule has 2 amide bonds. The van der Waals surface area contributed by atoms with Crippen LogP contribution < -0.4 is 10.2 Å². The summed E-state index contributed by atoms with van der Waals surface area (Å²) in [6.07, 6.45) is -5.00. The summed E-state index contributed by atoms with van der Waals surface area (Å²) in [6.45, 7) is 9.65. The van der Waals surface area contributed by atoms with Crippen molar-refractivity contribution in [3.63, 3.8) is 0 Å². The number of fused-ring (bicyclic) bond motifs is 1. The molecule has 0 unspecified atom stereocenters. The predicted molar refractivity (Wildman–Crippen MR) is 137 cm³/mol. The number of hydrogen-bond donors (Lipinski definition) is 1. The van der Waals surface area contributed by atoms with Gasteiger partial charge in [-0.2, -0.15) is 13.2 Å². The van der Waals surface area contributed by atoms with Crippen molar-refractivity contribution < 1.29 is 27.5 Å². The molecule has 0 aliphatic carbocycles. The second-order valence-electron chi connectivity index (χ2n) is 11.3. The molecule has 0 radical (unpaired) electrons. The quantitative estimate of drug-likeness (QED) is 0.491. The lowest BCUT2D eigenvalue weighted by molar-refractivity contribution is -0.134. The molecular weight excluding hydrogens is 507 g/mol. The highest BCUT2D eigenvalue weighted by Gasteiger charge is 2.50. The molecule has 0 spiro atoms. The van der Waals surface area contributed by atoms with Crippen molar-refractivity contribution >= 4 is 35.0 Å². The summed E-state index contributed by atoms with van der Waals surface area (Å²) >= 11 is 6.41. The Kier molecular flexibility index (Phi) is 6.46. The Morgan fingerprint density at radius 3 is 2.35 bits per heavy atom. The van der Waals surface area contributed by atoms with E-state index in [9.17, 15) is 22.8 Å². The summed E-state index contributed by atoms with van der Waals surface area (Å²) < 4.78 is 45.5. The van der Waals surface area contributed by atoms with Gasteiger partial charge in [0.1, 0.15) is 12.1 Å². The standard InChI is InChI=1S/C27H31ClF3N3O3/c1-16-18(8-7-9-20(16)28)26(13-33(14-26)23(36)37-24(2,3)4)32-17-10-11-19-21(12-17)34(15-27(29,30)31)22(35)25(19,5)6/h7-12,32H,13-15H2,1-6H3. The van der Waals surface area contributed by atoms with Gasteiger partial charge in [-0.1, -0.05) is 29.8 Å². The van der Waals surface area contributed by atoms with Crippen LogP contribution in [0.3, 0.4) is 0 Å². The van der Waals surface area contributed by atoms with Crippen molar-refractivity contribution in [2.75, 3.05) is 29.9 Å². The highest BCUT2D eigenvalue weighted by Crippen LogP contribution is 2.46. The second kappa shape index (κ2) is 8.82. The van der Waals surface area contributed by atoms with E-state index in [4.69, 9.17) is 16.3 Å². The lowest BCUT2D eigenvalue weighted by atomic mass is 9.79. The number of alkyl halides is 3. The summed E-state index contributed by atoms with van der Waals surface area (Å²) in [5, 5.41) is 4.01. The number of likely N-dealkylation sites (tertiary alicyclic amines) is 1. The van der Waals surface area contributed by atoms with Crippen LogP contribution in [0.4, 0.5) is 29.3 Å². The molecule has 200 valence electrons. The third kappa shape index (κ3) is 5.10. The van der Waals surface area contributed by atoms with Gasteiger partial charge in [0.05, 0.1) is 29.7 Å². The first-order valence-corrected chi connectivity index (χ1v) is 12.4. The second-order valence-corrected chi connectivity index (χ2v) is 11.7. The topological polar surface area (TPSA) is 61.9 Å². The van der Waals surface area contributed by atoms with Gasteiger partial charge in [0.2, 0.25) is 5.91 Å². The van der Waals surface area contributed by atoms with Crippen LogP contribution in [0.1, 0.15) is 51.3 Å². The molecule has 2 aliphatic heterocycles. The first kappa shape index (κ1) is 27.1. The third-order valence-corrected chi connectivity index (χ3v) is 7.23. The van der Waals surface area contributed by atoms with Crippen LogP contribution in [0.25, 0.3) is 0 Å². The molecule has 6 nitrogen and oxygen atoms in total. The highest BCUT2D eigenvalue weighted by molar-refractivity contribution is 6.31. The molecule has 0 aromatic heterocycles. The number of halogens is 4. The molecule has 0 bridgehead atoms. The van der Waals surface area contributed by atoms with Gasteiger partial charge in [-0.3, -0.25) is 4.79 Å². The Bertz CT molecular complexity index is 1250. The molecule has 0 saturated carbocycles. The first-order valence-electron chi connectivity index (χ1n) is 12.0. The smallest absolute Gasteiger partial charge is 0.410 e. The van der Waals surface area contributed by atoms with Crippen LogP contribution >= 0.6 is 11.6 Å². The van der Waals surface area contributed by atoms with E-state index < -0.39 is 41.3 Å². The number of nitrogens with one attached hydrogen (secondary N) is 1. The SMILES string of the molecule is Cc1c(Cl)cccc1C1(Nc2ccc3c(c2)N(CC(F)(F)F)C(=O)C3(C)C)CN(C(=O)OC(C)(C)C)C1. The van der Waals surface area contributed by atoms with Crippen molar-refractivity contribution in [3.05, 3.63) is 58.1 Å². The van der Waals surface area contributed by atoms with Crippen LogP contribution in [0.5, 0.6) is 0 Å². The summed E-state index contributed by atoms with van der Waals surface area (Å²) in [7, 11) is 0. The Hall–Kier alpha value is -2.94. The largest absolute Gasteiger partial charge is 0.444 e. The minimum Gasteiger partial charge on any atom is -0.444 e. The van der Waals surface area contributed by atoms with Gasteiger partial charge >= 0.3 is 12.3 Å². The molecular formula is C27H31ClF3N3O3. The summed E-state index contributed by atoms with van der Waals surface area (Å²) in [4.78, 5) is 28.0. The summed E-state index contributed by atoms with van der Waals surface area (Å²) in [5.41, 5.74) is 0.482. The Labute approximate surface area is 219 Å². The fourth-order valence-electron chi connectivity index (χ4n) is 5.04. The van der Waals surface area contributed by atoms with E-state index in [1.54, 1.807) is 63.8 Å². The normalized spacial score (nSPS) is 18.4. The van der Waals surface area contributed by atoms with Crippen molar-refractivity contribution in [3.8, 4) is 0 Å². The zero-order chi connectivity index (χ0) is 27.6. The Morgan fingerprint density at radius 1 is 1.11 bits per heavy atom. The van der Waals surface area contributed by atoms with Crippen LogP contribution in [0.2, 0.25) is 5.02 Å². The minimum absolute atomic E-state index is 0.221. The number of amides is 2. The van der Waals surface area contributed by atoms with Crippen molar-refractivity contribution in [2.24, 2.45) is 0 Å². The monoisotopic (exact) mass is 537 g/mol. The molecule has 1 saturated heterocycles. The fourth-order valence-corrected chi connectivity index (χ4v) is 5.21. The Morgan fingerprint density at radius 2 is 1.76 bits per heavy atom. The van der Waals surface area contributed by atoms with Gasteiger partial charge in [-0.25, -0.2) is 4.79 Å². The minimum atomic E-state index is -4.54. The van der Waals surface area contributed by atoms with E-state index in [2.05, 4.69) is 5.32 Å². The third-order valence-electron chi connectivity index (χ3n) is 6.82. The predicted octanol–water partition coefficient (Wildman–Crippen LogP) is 6.39. The molecule has 2 aromatic rings. The van der Waals surface area contributed by atoms with Gasteiger partial charge in [0.15, 0.2) is 0 Å². The number of nitrogens with zero attached hydrogens (tertiary/aromatic N) is 2. The average molecular weight is 538 g/mol. The van der Waals surface area contributed by atoms with E-state index in [1.807, 2.05) is 19.1 Å². The number of hydrogen-bond acceptors (Lipinski definition) is 4. The number of ether oxygens (including phenoxy) is 1. The molecule has 37 heavy (non-hydrogen) atoms. The van der Waals surface area contributed by atoms with Crippen LogP contribution in [-0.4, -0.2) is 48.3 Å². The number of benzene rings is 2. The van der Waals surface area contributed by atoms with E-state index in [1.165, 1.54) is 0 Å². The zero-order valence-electron chi connectivity index (χ0n) is 21.7. The Balaban J connectivity index is 1.71. The van der Waals surface area contributed by atoms with Crippen molar-refractivity contribution in [1.29, 1.82) is 0 Å². The van der Waals surface area contributed by atoms with Gasteiger partial charge in [-0.15, -0.1) is 0 Å². The highest BCUT2D eigenvalue weighted by atomic mass is 35.5. The average Bonchev–Trinajstić information content (AvgIpc) is 2.90. The van der Waals surface area contributed by atoms with Crippen LogP contribution in [0, 0.1) is 6.92 Å². The van der Waals surface area contributed by atoms with Crippen molar-refractivity contribution in [2.45, 2.75) is 64.3 Å². The molecule has 4 rings (SSSR count). The fraction of sp³-hybridized carbons (Fsp3) is 0.481. The van der Waals surface area contributed by atoms with Crippen LogP contribution in [0.15, 0.2) is 36.4 Å². The molecule has 2 aliphatic rings. The maximum Gasteiger partial charge on any atom is 0.410 e. The number of rotatable bonds is 4. The summed E-state index contributed by atoms with van der Waals surface area (Å²) in [6, 6.07) is 10.5. The maximum atomic E-state index is 13.3. The van der Waals surface area contributed by atoms with E-state index in [0.29, 0.717) is 16.3 Å².